The largest absolute Gasteiger partial charge is 0.468 e. The molecule has 7 nitrogen and oxygen atoms in total. The Morgan fingerprint density at radius 2 is 2.07 bits per heavy atom. The summed E-state index contributed by atoms with van der Waals surface area (Å²) < 4.78 is 11.0. The average Bonchev–Trinajstić information content (AvgIpc) is 2.17. The quantitative estimate of drug-likeness (QED) is 0.287. The van der Waals surface area contributed by atoms with Crippen molar-refractivity contribution < 1.29 is 19.1 Å². The highest BCUT2D eigenvalue weighted by Gasteiger charge is 2.03. The van der Waals surface area contributed by atoms with Gasteiger partial charge in [-0.1, -0.05) is 0 Å². The summed E-state index contributed by atoms with van der Waals surface area (Å²) in [5, 5.41) is 0. The van der Waals surface area contributed by atoms with Crippen molar-refractivity contribution in [2.24, 2.45) is 10.7 Å². The van der Waals surface area contributed by atoms with Gasteiger partial charge >= 0.3 is 12.0 Å². The van der Waals surface area contributed by atoms with E-state index in [9.17, 15) is 9.59 Å². The molecule has 0 rings (SSSR count). The van der Waals surface area contributed by atoms with Crippen molar-refractivity contribution in [2.45, 2.75) is 0 Å². The lowest BCUT2D eigenvalue weighted by molar-refractivity contribution is -0.137. The molecule has 0 aromatic heterocycles. The van der Waals surface area contributed by atoms with E-state index < -0.39 is 12.0 Å². The number of hydrogen-bond donors (Lipinski definition) is 2. The van der Waals surface area contributed by atoms with Crippen molar-refractivity contribution in [3.63, 3.8) is 0 Å². The second-order valence-corrected chi connectivity index (χ2v) is 2.71. The van der Waals surface area contributed by atoms with Crippen LogP contribution in [-0.4, -0.2) is 38.0 Å². The molecule has 0 saturated carbocycles. The maximum atomic E-state index is 10.9. The number of hydrogen-bond acceptors (Lipinski definition) is 5. The third kappa shape index (κ3) is 6.12. The Kier molecular flexibility index (Phi) is 6.29. The number of nitrogens with two attached hydrogens (primary N) is 1. The molecule has 14 heavy (non-hydrogen) atoms. The fourth-order valence-corrected chi connectivity index (χ4v) is 0.861. The summed E-state index contributed by atoms with van der Waals surface area (Å²) in [5.74, 6) is -0.441. The van der Waals surface area contributed by atoms with Gasteiger partial charge in [-0.05, 0) is 11.9 Å². The molecule has 0 aromatic carbocycles. The number of amidine groups is 1. The third-order valence-electron chi connectivity index (χ3n) is 0.998. The van der Waals surface area contributed by atoms with E-state index in [0.717, 1.165) is 11.9 Å². The predicted molar refractivity (Wildman–Crippen MR) is 51.6 cm³/mol. The van der Waals surface area contributed by atoms with E-state index in [1.807, 2.05) is 0 Å². The van der Waals surface area contributed by atoms with Crippen molar-refractivity contribution in [3.8, 4) is 0 Å². The predicted octanol–water partition coefficient (Wildman–Crippen LogP) is -0.522. The van der Waals surface area contributed by atoms with E-state index in [0.29, 0.717) is 0 Å². The number of amides is 2. The van der Waals surface area contributed by atoms with E-state index in [2.05, 4.69) is 19.2 Å². The number of methoxy groups -OCH3 is 2. The molecule has 0 saturated heterocycles. The van der Waals surface area contributed by atoms with Gasteiger partial charge in [0.25, 0.3) is 6.02 Å². The summed E-state index contributed by atoms with van der Waals surface area (Å²) in [6, 6.07) is -0.945. The molecular formula is C6H11N3O4S. The van der Waals surface area contributed by atoms with Gasteiger partial charge in [0.05, 0.1) is 14.2 Å². The molecule has 0 aliphatic heterocycles. The fourth-order valence-electron chi connectivity index (χ4n) is 0.384. The van der Waals surface area contributed by atoms with E-state index in [1.54, 1.807) is 0 Å². The lowest BCUT2D eigenvalue weighted by Crippen LogP contribution is -2.21. The highest BCUT2D eigenvalue weighted by molar-refractivity contribution is 7.98. The molecule has 0 aliphatic carbocycles. The first-order valence-corrected chi connectivity index (χ1v) is 4.45. The van der Waals surface area contributed by atoms with Crippen LogP contribution in [0.25, 0.3) is 0 Å². The standard InChI is InChI=1S/C6H11N3O4S/c1-12-4(10)3-14-9-6(11)8-5(7)13-2/h3H2,1-2H3,(H3,7,8,9,11). The van der Waals surface area contributed by atoms with Crippen LogP contribution in [0.2, 0.25) is 0 Å². The Morgan fingerprint density at radius 1 is 1.43 bits per heavy atom. The number of nitrogens with one attached hydrogen (secondary N) is 1. The number of ether oxygens (including phenoxy) is 2. The molecule has 0 radical (unpaired) electrons. The lowest BCUT2D eigenvalue weighted by atomic mass is 10.8. The van der Waals surface area contributed by atoms with Crippen LogP contribution in [0.1, 0.15) is 0 Å². The molecule has 2 amide bonds. The number of esters is 1. The van der Waals surface area contributed by atoms with Crippen molar-refractivity contribution in [1.82, 2.24) is 4.72 Å². The lowest BCUT2D eigenvalue weighted by Gasteiger charge is -2.00. The normalized spacial score (nSPS) is 10.6. The number of carbonyl (C=O) groups excluding carboxylic acids is 2. The average molecular weight is 221 g/mol. The first kappa shape index (κ1) is 12.6. The number of rotatable bonds is 3. The first-order chi connectivity index (χ1) is 6.60. The van der Waals surface area contributed by atoms with Gasteiger partial charge in [0.2, 0.25) is 0 Å². The van der Waals surface area contributed by atoms with Crippen molar-refractivity contribution in [3.05, 3.63) is 0 Å². The summed E-state index contributed by atoms with van der Waals surface area (Å²) in [6.07, 6.45) is 0. The van der Waals surface area contributed by atoms with Crippen LogP contribution < -0.4 is 10.5 Å². The Labute approximate surface area is 85.2 Å². The zero-order chi connectivity index (χ0) is 11.0. The van der Waals surface area contributed by atoms with Gasteiger partial charge in [0, 0.05) is 0 Å². The minimum atomic E-state index is -0.696. The summed E-state index contributed by atoms with van der Waals surface area (Å²) in [5.41, 5.74) is 5.10. The third-order valence-corrected chi connectivity index (χ3v) is 1.70. The molecule has 0 spiro atoms. The van der Waals surface area contributed by atoms with Crippen LogP contribution in [-0.2, 0) is 14.3 Å². The maximum Gasteiger partial charge on any atom is 0.355 e. The second kappa shape index (κ2) is 7.01. The topological polar surface area (TPSA) is 103 Å². The number of aliphatic imine (C=N–C) groups is 1. The molecule has 0 aromatic rings. The smallest absolute Gasteiger partial charge is 0.355 e. The van der Waals surface area contributed by atoms with Crippen LogP contribution in [0.4, 0.5) is 4.79 Å². The van der Waals surface area contributed by atoms with Crippen LogP contribution in [0.5, 0.6) is 0 Å². The summed E-state index contributed by atoms with van der Waals surface area (Å²) in [4.78, 5) is 24.7. The molecule has 0 aliphatic rings. The Morgan fingerprint density at radius 3 is 2.57 bits per heavy atom. The molecule has 0 bridgehead atoms. The van der Waals surface area contributed by atoms with Gasteiger partial charge in [-0.15, -0.1) is 4.99 Å². The zero-order valence-electron chi connectivity index (χ0n) is 7.77. The molecule has 0 fully saturated rings. The molecule has 8 heteroatoms. The van der Waals surface area contributed by atoms with Gasteiger partial charge < -0.3 is 15.2 Å². The number of carbonyl (C=O) groups is 2. The summed E-state index contributed by atoms with van der Waals surface area (Å²) >= 11 is 0.854. The molecule has 80 valence electrons. The van der Waals surface area contributed by atoms with Crippen molar-refractivity contribution >= 4 is 30.0 Å². The second-order valence-electron chi connectivity index (χ2n) is 1.93. The van der Waals surface area contributed by atoms with E-state index in [-0.39, 0.29) is 11.8 Å². The first-order valence-electron chi connectivity index (χ1n) is 3.47. The van der Waals surface area contributed by atoms with Crippen LogP contribution in [0.3, 0.4) is 0 Å². The molecule has 0 heterocycles. The Hall–Kier alpha value is -1.44. The summed E-state index contributed by atoms with van der Waals surface area (Å²) in [7, 11) is 2.54. The maximum absolute atomic E-state index is 10.9. The van der Waals surface area contributed by atoms with Crippen LogP contribution in [0.15, 0.2) is 4.99 Å². The van der Waals surface area contributed by atoms with Gasteiger partial charge in [0.1, 0.15) is 5.75 Å². The monoisotopic (exact) mass is 221 g/mol. The molecule has 0 atom stereocenters. The van der Waals surface area contributed by atoms with Crippen molar-refractivity contribution in [1.29, 1.82) is 0 Å². The Bertz CT molecular complexity index is 243. The van der Waals surface area contributed by atoms with Crippen LogP contribution >= 0.6 is 11.9 Å². The van der Waals surface area contributed by atoms with Gasteiger partial charge in [-0.3, -0.25) is 9.52 Å². The highest BCUT2D eigenvalue weighted by Crippen LogP contribution is 1.94. The van der Waals surface area contributed by atoms with Gasteiger partial charge in [-0.2, -0.15) is 0 Å². The van der Waals surface area contributed by atoms with Crippen LogP contribution in [0, 0.1) is 0 Å². The van der Waals surface area contributed by atoms with E-state index in [1.165, 1.54) is 14.2 Å². The Balaban J connectivity index is 3.70. The molecule has 0 unspecified atom stereocenters. The van der Waals surface area contributed by atoms with E-state index in [4.69, 9.17) is 5.73 Å². The molecular weight excluding hydrogens is 210 g/mol. The summed E-state index contributed by atoms with van der Waals surface area (Å²) in [6.45, 7) is 0. The van der Waals surface area contributed by atoms with Crippen molar-refractivity contribution in [2.75, 3.05) is 20.0 Å². The zero-order valence-corrected chi connectivity index (χ0v) is 8.59. The number of nitrogens with zero attached hydrogens (tertiary/aromatic N) is 1. The van der Waals surface area contributed by atoms with Gasteiger partial charge in [-0.25, -0.2) is 4.79 Å². The minimum absolute atomic E-state index is 0.00461. The molecule has 3 N–H and O–H groups in total. The van der Waals surface area contributed by atoms with Gasteiger partial charge in [0.15, 0.2) is 0 Å². The van der Waals surface area contributed by atoms with E-state index >= 15 is 0 Å². The SMILES string of the molecule is COC(=O)CSNC(=O)/N=C(/N)OC. The highest BCUT2D eigenvalue weighted by atomic mass is 32.2. The minimum Gasteiger partial charge on any atom is -0.468 e. The fraction of sp³-hybridized carbons (Fsp3) is 0.500. The number of urea groups is 1.